The molecule has 1 saturated carbocycles. The lowest BCUT2D eigenvalue weighted by molar-refractivity contribution is -0.348. The van der Waals surface area contributed by atoms with Gasteiger partial charge in [0.25, 0.3) is 5.91 Å². The van der Waals surface area contributed by atoms with Gasteiger partial charge in [-0.2, -0.15) is 26.3 Å². The van der Waals surface area contributed by atoms with E-state index in [1.807, 2.05) is 0 Å². The van der Waals surface area contributed by atoms with Crippen molar-refractivity contribution in [2.45, 2.75) is 50.8 Å². The quantitative estimate of drug-likeness (QED) is 0.346. The van der Waals surface area contributed by atoms with Gasteiger partial charge in [0, 0.05) is 28.8 Å². The first-order valence-electron chi connectivity index (χ1n) is 10.7. The van der Waals surface area contributed by atoms with Crippen molar-refractivity contribution in [1.29, 1.82) is 0 Å². The Kier molecular flexibility index (Phi) is 6.35. The summed E-state index contributed by atoms with van der Waals surface area (Å²) in [5.41, 5.74) is -6.34. The van der Waals surface area contributed by atoms with Crippen LogP contribution in [0.2, 0.25) is 5.02 Å². The lowest BCUT2D eigenvalue weighted by Gasteiger charge is -2.31. The first kappa shape index (κ1) is 26.0. The number of amides is 1. The number of alkyl halides is 7. The van der Waals surface area contributed by atoms with E-state index < -0.39 is 23.6 Å². The number of halogens is 8. The van der Waals surface area contributed by atoms with Crippen LogP contribution in [0.4, 0.5) is 30.7 Å². The van der Waals surface area contributed by atoms with Gasteiger partial charge in [-0.15, -0.1) is 0 Å². The van der Waals surface area contributed by atoms with Crippen LogP contribution < -0.4 is 5.32 Å². The average Bonchev–Trinajstić information content (AvgIpc) is 3.44. The van der Waals surface area contributed by atoms with E-state index in [4.69, 9.17) is 16.1 Å². The summed E-state index contributed by atoms with van der Waals surface area (Å²) in [4.78, 5) is 12.4. The van der Waals surface area contributed by atoms with Gasteiger partial charge in [-0.3, -0.25) is 4.79 Å². The topological polar surface area (TPSA) is 55.1 Å². The summed E-state index contributed by atoms with van der Waals surface area (Å²) >= 11 is 6.14. The minimum Gasteiger partial charge on any atom is -0.356 e. The number of nitrogens with one attached hydrogen (secondary N) is 1. The molecule has 3 aromatic rings. The van der Waals surface area contributed by atoms with Crippen molar-refractivity contribution in [2.75, 3.05) is 0 Å². The van der Waals surface area contributed by atoms with Crippen LogP contribution >= 0.6 is 11.6 Å². The number of hydrogen-bond acceptors (Lipinski definition) is 3. The molecule has 1 heterocycles. The highest BCUT2D eigenvalue weighted by atomic mass is 35.5. The summed E-state index contributed by atoms with van der Waals surface area (Å²) in [5.74, 6) is -0.189. The number of nitrogens with zero attached hydrogens (tertiary/aromatic N) is 1. The van der Waals surface area contributed by atoms with Gasteiger partial charge in [0.2, 0.25) is 0 Å². The fraction of sp³-hybridized carbons (Fsp3) is 0.333. The highest BCUT2D eigenvalue weighted by Gasteiger charge is 2.73. The summed E-state index contributed by atoms with van der Waals surface area (Å²) in [6.07, 6.45) is -10.7. The van der Waals surface area contributed by atoms with Crippen LogP contribution in [-0.2, 0) is 5.67 Å². The van der Waals surface area contributed by atoms with Crippen LogP contribution in [0.25, 0.3) is 22.6 Å². The Hall–Kier alpha value is -3.08. The Morgan fingerprint density at radius 1 is 0.972 bits per heavy atom. The fourth-order valence-electron chi connectivity index (χ4n) is 3.93. The molecule has 4 rings (SSSR count). The Morgan fingerprint density at radius 3 is 2.08 bits per heavy atom. The number of aromatic nitrogens is 1. The van der Waals surface area contributed by atoms with Crippen molar-refractivity contribution >= 4 is 17.5 Å². The summed E-state index contributed by atoms with van der Waals surface area (Å²) in [6.45, 7) is 2.49. The molecule has 1 fully saturated rings. The van der Waals surface area contributed by atoms with Crippen molar-refractivity contribution < 1.29 is 40.1 Å². The minimum absolute atomic E-state index is 0.0685. The zero-order chi connectivity index (χ0) is 26.6. The predicted molar refractivity (Wildman–Crippen MR) is 117 cm³/mol. The molecular weight excluding hydrogens is 517 g/mol. The van der Waals surface area contributed by atoms with Crippen molar-refractivity contribution in [3.8, 4) is 22.6 Å². The second-order valence-electron chi connectivity index (χ2n) is 8.66. The summed E-state index contributed by atoms with van der Waals surface area (Å²) < 4.78 is 99.0. The van der Waals surface area contributed by atoms with E-state index in [0.29, 0.717) is 17.7 Å². The largest absolute Gasteiger partial charge is 0.435 e. The van der Waals surface area contributed by atoms with Crippen LogP contribution in [0.5, 0.6) is 0 Å². The molecule has 0 saturated heterocycles. The maximum Gasteiger partial charge on any atom is 0.435 e. The van der Waals surface area contributed by atoms with Gasteiger partial charge in [0.15, 0.2) is 5.76 Å². The molecule has 0 unspecified atom stereocenters. The number of carbonyl (C=O) groups excluding carboxylic acids is 1. The van der Waals surface area contributed by atoms with E-state index >= 15 is 0 Å². The van der Waals surface area contributed by atoms with Crippen LogP contribution in [0.3, 0.4) is 0 Å². The SMILES string of the molecule is Cc1cc(C(F)(C(F)(F)F)C(F)(F)F)cc(C)c1-c1cc(-c2ccc(Cl)c(C(=O)NC3CC3)c2)on1. The van der Waals surface area contributed by atoms with Crippen LogP contribution in [0.1, 0.15) is 39.9 Å². The molecule has 0 bridgehead atoms. The van der Waals surface area contributed by atoms with Crippen LogP contribution in [0, 0.1) is 13.8 Å². The molecule has 0 atom stereocenters. The molecule has 1 N–H and O–H groups in total. The maximum atomic E-state index is 14.5. The first-order chi connectivity index (χ1) is 16.6. The normalized spacial score (nSPS) is 14.7. The van der Waals surface area contributed by atoms with Gasteiger partial charge in [-0.25, -0.2) is 4.39 Å². The molecule has 0 aliphatic heterocycles. The smallest absolute Gasteiger partial charge is 0.356 e. The van der Waals surface area contributed by atoms with E-state index in [0.717, 1.165) is 12.8 Å². The molecule has 4 nitrogen and oxygen atoms in total. The van der Waals surface area contributed by atoms with Gasteiger partial charge < -0.3 is 9.84 Å². The Bertz CT molecular complexity index is 1290. The highest BCUT2D eigenvalue weighted by molar-refractivity contribution is 6.34. The summed E-state index contributed by atoms with van der Waals surface area (Å²) in [5, 5.41) is 6.91. The molecule has 0 spiro atoms. The number of aryl methyl sites for hydroxylation is 2. The van der Waals surface area contributed by atoms with E-state index in [1.165, 1.54) is 32.0 Å². The van der Waals surface area contributed by atoms with Crippen LogP contribution in [0.15, 0.2) is 40.9 Å². The van der Waals surface area contributed by atoms with E-state index in [1.54, 1.807) is 6.07 Å². The van der Waals surface area contributed by atoms with Gasteiger partial charge in [-0.05, 0) is 56.0 Å². The number of hydrogen-bond donors (Lipinski definition) is 1. The molecule has 1 aliphatic carbocycles. The van der Waals surface area contributed by atoms with E-state index in [2.05, 4.69) is 10.5 Å². The van der Waals surface area contributed by atoms with Crippen molar-refractivity contribution in [3.63, 3.8) is 0 Å². The molecule has 0 radical (unpaired) electrons. The Labute approximate surface area is 205 Å². The average molecular weight is 535 g/mol. The highest BCUT2D eigenvalue weighted by Crippen LogP contribution is 2.54. The summed E-state index contributed by atoms with van der Waals surface area (Å²) in [6, 6.07) is 7.05. The fourth-order valence-corrected chi connectivity index (χ4v) is 4.13. The number of carbonyl (C=O) groups is 1. The summed E-state index contributed by atoms with van der Waals surface area (Å²) in [7, 11) is 0. The molecule has 1 aromatic heterocycles. The van der Waals surface area contributed by atoms with Gasteiger partial charge in [0.05, 0.1) is 10.6 Å². The molecule has 12 heteroatoms. The number of benzene rings is 2. The maximum absolute atomic E-state index is 14.5. The minimum atomic E-state index is -6.22. The molecule has 1 aliphatic rings. The van der Waals surface area contributed by atoms with Crippen molar-refractivity contribution in [1.82, 2.24) is 10.5 Å². The zero-order valence-corrected chi connectivity index (χ0v) is 19.5. The van der Waals surface area contributed by atoms with E-state index in [-0.39, 0.29) is 50.7 Å². The third kappa shape index (κ3) is 4.56. The van der Waals surface area contributed by atoms with Gasteiger partial charge >= 0.3 is 18.0 Å². The van der Waals surface area contributed by atoms with Crippen molar-refractivity contribution in [2.24, 2.45) is 0 Å². The standard InChI is InChI=1S/C24H18ClF7N2O2/c1-11-7-14(22(26,23(27,28)29)24(30,31)32)8-12(2)20(11)18-10-19(36-34-18)13-3-6-17(25)16(9-13)21(35)33-15-4-5-15/h3,6-10,15H,4-5H2,1-2H3,(H,33,35). The third-order valence-corrected chi connectivity index (χ3v) is 6.22. The lowest BCUT2D eigenvalue weighted by atomic mass is 9.88. The van der Waals surface area contributed by atoms with Crippen molar-refractivity contribution in [3.05, 3.63) is 63.7 Å². The Morgan fingerprint density at radius 2 is 1.56 bits per heavy atom. The predicted octanol–water partition coefficient (Wildman–Crippen LogP) is 7.46. The lowest BCUT2D eigenvalue weighted by Crippen LogP contribution is -2.50. The third-order valence-electron chi connectivity index (χ3n) is 5.89. The van der Waals surface area contributed by atoms with Gasteiger partial charge in [-0.1, -0.05) is 28.9 Å². The molecule has 192 valence electrons. The zero-order valence-electron chi connectivity index (χ0n) is 18.7. The second-order valence-corrected chi connectivity index (χ2v) is 9.06. The monoisotopic (exact) mass is 534 g/mol. The van der Waals surface area contributed by atoms with Gasteiger partial charge in [0.1, 0.15) is 5.69 Å². The first-order valence-corrected chi connectivity index (χ1v) is 11.0. The molecule has 1 amide bonds. The molecular formula is C24H18ClF7N2O2. The number of rotatable bonds is 5. The molecule has 2 aromatic carbocycles. The van der Waals surface area contributed by atoms with E-state index in [9.17, 15) is 35.5 Å². The Balaban J connectivity index is 1.71. The molecule has 36 heavy (non-hydrogen) atoms. The second kappa shape index (κ2) is 8.79. The van der Waals surface area contributed by atoms with Crippen LogP contribution in [-0.4, -0.2) is 29.5 Å².